The highest BCUT2D eigenvalue weighted by atomic mass is 15.8. The van der Waals surface area contributed by atoms with Crippen molar-refractivity contribution in [1.29, 1.82) is 0 Å². The summed E-state index contributed by atoms with van der Waals surface area (Å²) in [6.07, 6.45) is 4.11. The van der Waals surface area contributed by atoms with Gasteiger partial charge in [-0.15, -0.1) is 0 Å². The molecule has 0 aliphatic heterocycles. The smallest absolute Gasteiger partial charge is 0.139 e. The minimum atomic E-state index is -0.265. The molecule has 7 aromatic carbocycles. The average Bonchev–Trinajstić information content (AvgIpc) is 3.79. The van der Waals surface area contributed by atoms with Crippen LogP contribution in [-0.2, 0) is 6.42 Å². The summed E-state index contributed by atoms with van der Waals surface area (Å²) in [6.45, 7) is 0.305. The Kier molecular flexibility index (Phi) is 9.00. The highest BCUT2D eigenvalue weighted by Crippen LogP contribution is 2.40. The third-order valence-corrected chi connectivity index (χ3v) is 11.5. The number of rotatable bonds is 10. The van der Waals surface area contributed by atoms with Crippen molar-refractivity contribution in [3.63, 3.8) is 0 Å². The Morgan fingerprint density at radius 1 is 0.579 bits per heavy atom. The molecule has 9 aromatic rings. The molecule has 0 saturated carbocycles. The quantitative estimate of drug-likeness (QED) is 0.0965. The van der Waals surface area contributed by atoms with Gasteiger partial charge < -0.3 is 10.3 Å². The Morgan fingerprint density at radius 2 is 1.18 bits per heavy atom. The van der Waals surface area contributed by atoms with Crippen molar-refractivity contribution in [2.75, 3.05) is 18.8 Å². The van der Waals surface area contributed by atoms with Crippen molar-refractivity contribution in [1.82, 2.24) is 20.0 Å². The van der Waals surface area contributed by atoms with Gasteiger partial charge in [0.05, 0.1) is 16.6 Å². The number of nitrogens with one attached hydrogen (secondary N) is 2. The number of para-hydroxylation sites is 3. The molecule has 0 radical (unpaired) electrons. The third kappa shape index (κ3) is 6.03. The molecule has 0 bridgehead atoms. The number of nitrogens with two attached hydrogens (primary N) is 1. The van der Waals surface area contributed by atoms with E-state index in [9.17, 15) is 0 Å². The third-order valence-electron chi connectivity index (χ3n) is 11.5. The van der Waals surface area contributed by atoms with E-state index in [1.165, 1.54) is 72.0 Å². The molecule has 6 heteroatoms. The van der Waals surface area contributed by atoms with E-state index in [-0.39, 0.29) is 6.17 Å². The fraction of sp³-hybridized carbons (Fsp3) is 0.0980. The molecule has 278 valence electrons. The van der Waals surface area contributed by atoms with Gasteiger partial charge in [0.15, 0.2) is 0 Å². The van der Waals surface area contributed by atoms with Crippen molar-refractivity contribution in [3.8, 4) is 27.9 Å². The molecule has 4 N–H and O–H groups in total. The standard InChI is InChI=1S/C51H44N6/c1-53-57(51(54-34-52)37-26-24-36(25-27-37)42-19-9-8-18-41(42)35-14-4-2-5-15-35)56-49-23-13-11-21-44(49)46-33-39(29-31-50(46)56)38-28-30-48-45(32-38)43-20-10-12-22-47(43)55(48)40-16-6-3-7-17-40/h2-27,29,31-33,51,53-54H,28,30,34,52H2,1H3. The summed E-state index contributed by atoms with van der Waals surface area (Å²) >= 11 is 0. The molecule has 0 fully saturated rings. The second-order valence-corrected chi connectivity index (χ2v) is 14.7. The number of hydrogen-bond acceptors (Lipinski definition) is 4. The Morgan fingerprint density at radius 3 is 1.89 bits per heavy atom. The minimum absolute atomic E-state index is 0.265. The molecule has 2 aromatic heterocycles. The minimum Gasteiger partial charge on any atom is -0.318 e. The maximum Gasteiger partial charge on any atom is 0.139 e. The monoisotopic (exact) mass is 740 g/mol. The summed E-state index contributed by atoms with van der Waals surface area (Å²) in [5.74, 6) is 0. The number of benzene rings is 7. The van der Waals surface area contributed by atoms with E-state index >= 15 is 0 Å². The van der Waals surface area contributed by atoms with Crippen LogP contribution in [0.1, 0.15) is 35.0 Å². The highest BCUT2D eigenvalue weighted by Gasteiger charge is 2.26. The number of allylic oxidation sites excluding steroid dienone is 1. The van der Waals surface area contributed by atoms with Crippen molar-refractivity contribution in [2.45, 2.75) is 19.0 Å². The van der Waals surface area contributed by atoms with Crippen molar-refractivity contribution in [2.24, 2.45) is 5.73 Å². The summed E-state index contributed by atoms with van der Waals surface area (Å²) < 4.78 is 4.74. The predicted molar refractivity (Wildman–Crippen MR) is 238 cm³/mol. The van der Waals surface area contributed by atoms with Crippen LogP contribution in [-0.4, -0.2) is 23.0 Å². The van der Waals surface area contributed by atoms with Gasteiger partial charge in [0.1, 0.15) is 6.17 Å². The van der Waals surface area contributed by atoms with Crippen molar-refractivity contribution < 1.29 is 0 Å². The van der Waals surface area contributed by atoms with Gasteiger partial charge in [-0.25, -0.2) is 15.2 Å². The molecule has 57 heavy (non-hydrogen) atoms. The van der Waals surface area contributed by atoms with Gasteiger partial charge in [0.25, 0.3) is 0 Å². The lowest BCUT2D eigenvalue weighted by molar-refractivity contribution is 0.391. The second kappa shape index (κ2) is 14.8. The summed E-state index contributed by atoms with van der Waals surface area (Å²) in [7, 11) is 1.97. The summed E-state index contributed by atoms with van der Waals surface area (Å²) in [4.78, 5) is 0. The summed E-state index contributed by atoms with van der Waals surface area (Å²) in [5, 5.41) is 9.44. The van der Waals surface area contributed by atoms with Gasteiger partial charge in [-0.05, 0) is 94.3 Å². The SMILES string of the molecule is CNN(C(NCN)c1ccc(-c2ccccc2-c2ccccc2)cc1)n1c2ccccc2c2cc(C3=Cc4c(n(-c5ccccc5)c5ccccc45)CC3)ccc21. The van der Waals surface area contributed by atoms with Gasteiger partial charge in [0.2, 0.25) is 0 Å². The lowest BCUT2D eigenvalue weighted by atomic mass is 9.90. The van der Waals surface area contributed by atoms with Crippen LogP contribution in [0.15, 0.2) is 176 Å². The van der Waals surface area contributed by atoms with Crippen LogP contribution in [0, 0.1) is 0 Å². The molecule has 0 saturated heterocycles. The first-order chi connectivity index (χ1) is 28.2. The fourth-order valence-electron chi connectivity index (χ4n) is 8.96. The number of fused-ring (bicyclic) bond motifs is 6. The van der Waals surface area contributed by atoms with Crippen LogP contribution in [0.5, 0.6) is 0 Å². The van der Waals surface area contributed by atoms with Crippen molar-refractivity contribution >= 4 is 44.4 Å². The van der Waals surface area contributed by atoms with Crippen LogP contribution in [0.3, 0.4) is 0 Å². The van der Waals surface area contributed by atoms with Gasteiger partial charge in [0, 0.05) is 46.8 Å². The maximum atomic E-state index is 6.27. The Labute approximate surface area is 333 Å². The van der Waals surface area contributed by atoms with Crippen LogP contribution in [0.4, 0.5) is 0 Å². The van der Waals surface area contributed by atoms with Crippen LogP contribution < -0.4 is 21.6 Å². The zero-order valence-corrected chi connectivity index (χ0v) is 31.9. The highest BCUT2D eigenvalue weighted by molar-refractivity contribution is 6.10. The Balaban J connectivity index is 1.04. The topological polar surface area (TPSA) is 63.2 Å². The first-order valence-corrected chi connectivity index (χ1v) is 19.8. The van der Waals surface area contributed by atoms with E-state index in [4.69, 9.17) is 5.73 Å². The van der Waals surface area contributed by atoms with E-state index in [1.807, 2.05) is 7.05 Å². The summed E-state index contributed by atoms with van der Waals surface area (Å²) in [6, 6.07) is 63.2. The number of nitrogens with zero attached hydrogens (tertiary/aromatic N) is 3. The molecule has 1 atom stereocenters. The lowest BCUT2D eigenvalue weighted by Crippen LogP contribution is -2.52. The van der Waals surface area contributed by atoms with Crippen LogP contribution in [0.25, 0.3) is 72.3 Å². The van der Waals surface area contributed by atoms with E-state index < -0.39 is 0 Å². The molecule has 6 nitrogen and oxygen atoms in total. The van der Waals surface area contributed by atoms with E-state index in [1.54, 1.807) is 0 Å². The number of hydrazine groups is 1. The molecule has 1 unspecified atom stereocenters. The first kappa shape index (κ1) is 34.8. The normalized spacial score (nSPS) is 13.2. The fourth-order valence-corrected chi connectivity index (χ4v) is 8.96. The molecule has 1 aliphatic carbocycles. The molecule has 1 aliphatic rings. The van der Waals surface area contributed by atoms with Gasteiger partial charge in [-0.2, -0.15) is 0 Å². The van der Waals surface area contributed by atoms with Crippen LogP contribution in [0.2, 0.25) is 0 Å². The molecular formula is C51H44N6. The van der Waals surface area contributed by atoms with Crippen LogP contribution >= 0.6 is 0 Å². The van der Waals surface area contributed by atoms with E-state index in [0.29, 0.717) is 6.67 Å². The molecule has 10 rings (SSSR count). The predicted octanol–water partition coefficient (Wildman–Crippen LogP) is 10.8. The van der Waals surface area contributed by atoms with Crippen molar-refractivity contribution in [3.05, 3.63) is 198 Å². The largest absolute Gasteiger partial charge is 0.318 e. The zero-order valence-electron chi connectivity index (χ0n) is 31.9. The molecule has 0 amide bonds. The molecule has 0 spiro atoms. The maximum absolute atomic E-state index is 6.27. The first-order valence-electron chi connectivity index (χ1n) is 19.8. The Bertz CT molecular complexity index is 2900. The average molecular weight is 741 g/mol. The second-order valence-electron chi connectivity index (χ2n) is 14.7. The van der Waals surface area contributed by atoms with Gasteiger partial charge in [-0.1, -0.05) is 140 Å². The zero-order chi connectivity index (χ0) is 38.3. The van der Waals surface area contributed by atoms with E-state index in [0.717, 1.165) is 29.4 Å². The van der Waals surface area contributed by atoms with Gasteiger partial charge in [-0.3, -0.25) is 5.32 Å². The molecule has 2 heterocycles. The van der Waals surface area contributed by atoms with Gasteiger partial charge >= 0.3 is 0 Å². The summed E-state index contributed by atoms with van der Waals surface area (Å²) in [5.41, 5.74) is 25.7. The number of hydrogen-bond donors (Lipinski definition) is 3. The Hall–Kier alpha value is -6.70. The molecular weight excluding hydrogens is 697 g/mol. The van der Waals surface area contributed by atoms with E-state index in [2.05, 4.69) is 207 Å². The number of aromatic nitrogens is 2. The lowest BCUT2D eigenvalue weighted by Gasteiger charge is -2.35.